The number of imide groups is 2. The van der Waals surface area contributed by atoms with E-state index in [9.17, 15) is 62.7 Å². The van der Waals surface area contributed by atoms with Crippen LogP contribution in [0.1, 0.15) is 150 Å². The summed E-state index contributed by atoms with van der Waals surface area (Å²) in [7, 11) is 1.44. The molecule has 29 nitrogen and oxygen atoms in total. The molecule has 0 fully saturated rings. The van der Waals surface area contributed by atoms with Crippen LogP contribution >= 0.6 is 18.9 Å². The summed E-state index contributed by atoms with van der Waals surface area (Å²) in [6.07, 6.45) is -0.366. The molecule has 7 heterocycles. The van der Waals surface area contributed by atoms with Crippen LogP contribution in [-0.2, 0) is 49.2 Å². The van der Waals surface area contributed by atoms with E-state index in [2.05, 4.69) is 36.2 Å². The van der Waals surface area contributed by atoms with Gasteiger partial charge in [0.05, 0.1) is 72.2 Å². The van der Waals surface area contributed by atoms with Gasteiger partial charge >= 0.3 is 11.9 Å². The van der Waals surface area contributed by atoms with Crippen LogP contribution in [0.25, 0.3) is 22.3 Å². The van der Waals surface area contributed by atoms with Crippen molar-refractivity contribution in [3.8, 4) is 5.75 Å². The zero-order valence-corrected chi connectivity index (χ0v) is 56.8. The number of hydrogen-bond donors (Lipinski definition) is 8. The highest BCUT2D eigenvalue weighted by Crippen LogP contribution is 2.39. The van der Waals surface area contributed by atoms with Gasteiger partial charge in [-0.3, -0.25) is 67.2 Å². The molecule has 4 bridgehead atoms. The number of fused-ring (bicyclic) bond motifs is 10. The molecule has 6 atom stereocenters. The van der Waals surface area contributed by atoms with E-state index in [1.54, 1.807) is 75.1 Å². The highest BCUT2D eigenvalue weighted by Gasteiger charge is 2.44. The van der Waals surface area contributed by atoms with Crippen LogP contribution in [0.4, 0.5) is 5.69 Å². The number of thiazole rings is 1. The minimum Gasteiger partial charge on any atom is -0.506 e. The van der Waals surface area contributed by atoms with Crippen molar-refractivity contribution in [2.45, 2.75) is 117 Å². The van der Waals surface area contributed by atoms with Crippen LogP contribution in [0.15, 0.2) is 56.7 Å². The number of nitrogens with one attached hydrogen (secondary N) is 6. The number of nitrogens with zero attached hydrogens (tertiary/aromatic N) is 5. The van der Waals surface area contributed by atoms with Gasteiger partial charge in [-0.2, -0.15) is 0 Å². The fourth-order valence-corrected chi connectivity index (χ4v) is 13.6. The van der Waals surface area contributed by atoms with Crippen molar-refractivity contribution < 1.29 is 85.8 Å². The molecule has 8 rings (SSSR count). The Balaban J connectivity index is 0.804. The summed E-state index contributed by atoms with van der Waals surface area (Å²) in [4.78, 5) is 142. The molecule has 8 amide bonds. The lowest BCUT2D eigenvalue weighted by atomic mass is 9.92. The average Bonchev–Trinajstić information content (AvgIpc) is 1.58. The number of likely N-dealkylation sites (N-methyl/N-ethyl adjacent to an activating group) is 2. The number of aromatic hydroxyl groups is 1. The van der Waals surface area contributed by atoms with Crippen molar-refractivity contribution in [1.29, 1.82) is 0 Å². The summed E-state index contributed by atoms with van der Waals surface area (Å²) >= 11 is 1.07. The quantitative estimate of drug-likeness (QED) is 0.00741. The number of carboxylic acids is 1. The van der Waals surface area contributed by atoms with E-state index in [0.717, 1.165) is 21.1 Å². The van der Waals surface area contributed by atoms with Gasteiger partial charge in [-0.1, -0.05) is 47.1 Å². The number of anilines is 1. The highest BCUT2D eigenvalue weighted by atomic mass is 32.1. The third kappa shape index (κ3) is 16.9. The van der Waals surface area contributed by atoms with Gasteiger partial charge in [-0.15, -0.1) is 11.3 Å². The smallest absolute Gasteiger partial charge is 0.306 e. The summed E-state index contributed by atoms with van der Waals surface area (Å²) in [5, 5.41) is 39.6. The van der Waals surface area contributed by atoms with Gasteiger partial charge in [0, 0.05) is 70.6 Å². The van der Waals surface area contributed by atoms with Crippen LogP contribution in [0.2, 0.25) is 0 Å². The number of hydrogen-bond acceptors (Lipinski definition) is 20. The molecule has 6 aromatic rings. The summed E-state index contributed by atoms with van der Waals surface area (Å²) in [5.74, 6) is -7.23. The lowest BCUT2D eigenvalue weighted by Crippen LogP contribution is -2.60. The second-order valence-corrected chi connectivity index (χ2v) is 27.9. The Morgan fingerprint density at radius 3 is 1.79 bits per heavy atom. The predicted octanol–water partition coefficient (Wildman–Crippen LogP) is 5.85. The number of amides is 8. The fraction of sp³-hybridized carbons (Fsp3) is 0.516. The van der Waals surface area contributed by atoms with Crippen LogP contribution < -0.4 is 31.2 Å². The van der Waals surface area contributed by atoms with Gasteiger partial charge in [-0.05, 0) is 94.6 Å². The van der Waals surface area contributed by atoms with E-state index in [1.807, 2.05) is 27.7 Å². The van der Waals surface area contributed by atoms with E-state index in [1.165, 1.54) is 31.4 Å². The maximum atomic E-state index is 14.3. The Labute approximate surface area is 552 Å². The number of aliphatic carboxylic acids is 1. The SMILES string of the molecule is CC[C@H](C)[C@H](NC(=O)C(C)(C)N(C)C)C(=O)N(C)[C@H](C[C@@H](OC(C)=O)c1nc(C(=O)N[C@@H](Cc2ccc(O)c(NC(=O)CCOCCOCCNP(=O)(NCCN3C(=O)c4c(c5ccc4o5)C3=O)NCCN3C(=O)c4c(c5ccc4o5)C3=O)c2)CC(C)C(=O)O)cs1)C(C)C. The fourth-order valence-electron chi connectivity index (χ4n) is 11.2. The second kappa shape index (κ2) is 31.1. The molecule has 1 aromatic carbocycles. The topological polar surface area (TPSA) is 380 Å². The molecular formula is C64H84N11O18PS. The normalized spacial score (nSPS) is 15.4. The van der Waals surface area contributed by atoms with Gasteiger partial charge < -0.3 is 54.1 Å². The van der Waals surface area contributed by atoms with Crippen molar-refractivity contribution in [3.05, 3.63) is 86.4 Å². The largest absolute Gasteiger partial charge is 0.506 e. The van der Waals surface area contributed by atoms with Crippen LogP contribution in [0, 0.1) is 17.8 Å². The number of benzene rings is 3. The Morgan fingerprint density at radius 1 is 0.747 bits per heavy atom. The summed E-state index contributed by atoms with van der Waals surface area (Å²) < 4.78 is 42.4. The molecule has 8 N–H and O–H groups in total. The van der Waals surface area contributed by atoms with E-state index in [-0.39, 0.29) is 153 Å². The zero-order valence-electron chi connectivity index (χ0n) is 55.1. The number of esters is 1. The molecular weight excluding hydrogens is 1270 g/mol. The summed E-state index contributed by atoms with van der Waals surface area (Å²) in [6, 6.07) is 8.68. The second-order valence-electron chi connectivity index (χ2n) is 24.9. The Hall–Kier alpha value is -8.22. The monoisotopic (exact) mass is 1360 g/mol. The van der Waals surface area contributed by atoms with Crippen molar-refractivity contribution in [2.75, 3.05) is 85.6 Å². The number of aromatic nitrogens is 1. The molecule has 0 radical (unpaired) electrons. The van der Waals surface area contributed by atoms with E-state index >= 15 is 0 Å². The predicted molar refractivity (Wildman–Crippen MR) is 348 cm³/mol. The molecule has 1 unspecified atom stereocenters. The summed E-state index contributed by atoms with van der Waals surface area (Å²) in [5.41, 5.74) is 1.55. The molecule has 31 heteroatoms. The average molecular weight is 1360 g/mol. The van der Waals surface area contributed by atoms with Crippen LogP contribution in [0.5, 0.6) is 5.75 Å². The third-order valence-electron chi connectivity index (χ3n) is 17.4. The van der Waals surface area contributed by atoms with Crippen LogP contribution in [-0.4, -0.2) is 198 Å². The number of furan rings is 4. The Kier molecular flexibility index (Phi) is 23.8. The number of carbonyl (C=O) groups is 10. The van der Waals surface area contributed by atoms with Crippen LogP contribution in [0.3, 0.4) is 0 Å². The molecule has 95 heavy (non-hydrogen) atoms. The Bertz CT molecular complexity index is 3640. The molecule has 5 aromatic heterocycles. The minimum absolute atomic E-state index is 0.0135. The minimum atomic E-state index is -3.77. The van der Waals surface area contributed by atoms with Crippen molar-refractivity contribution in [2.24, 2.45) is 17.8 Å². The summed E-state index contributed by atoms with van der Waals surface area (Å²) in [6.45, 7) is 13.5. The van der Waals surface area contributed by atoms with E-state index < -0.39 is 90.7 Å². The molecule has 0 saturated carbocycles. The number of ether oxygens (including phenoxy) is 3. The van der Waals surface area contributed by atoms with Gasteiger partial charge in [0.25, 0.3) is 37.1 Å². The van der Waals surface area contributed by atoms with Crippen molar-refractivity contribution >= 4 is 106 Å². The number of phenolic OH excluding ortho intramolecular Hbond substituents is 1. The van der Waals surface area contributed by atoms with E-state index in [0.29, 0.717) is 34.3 Å². The first kappa shape index (κ1) is 72.6. The van der Waals surface area contributed by atoms with Gasteiger partial charge in [-0.25, -0.2) is 20.2 Å². The van der Waals surface area contributed by atoms with Crippen molar-refractivity contribution in [1.82, 2.24) is 50.5 Å². The highest BCUT2D eigenvalue weighted by molar-refractivity contribution is 7.57. The lowest BCUT2D eigenvalue weighted by Gasteiger charge is -2.38. The molecule has 514 valence electrons. The molecule has 0 aliphatic carbocycles. The maximum absolute atomic E-state index is 14.3. The van der Waals surface area contributed by atoms with Crippen molar-refractivity contribution in [3.63, 3.8) is 0 Å². The molecule has 0 saturated heterocycles. The number of rotatable bonds is 38. The maximum Gasteiger partial charge on any atom is 0.306 e. The zero-order chi connectivity index (χ0) is 69.4. The third-order valence-corrected chi connectivity index (χ3v) is 20.3. The number of phenols is 1. The molecule has 0 spiro atoms. The first-order valence-corrected chi connectivity index (χ1v) is 34.0. The van der Waals surface area contributed by atoms with Gasteiger partial charge in [0.1, 0.15) is 44.8 Å². The molecule has 2 aliphatic heterocycles. The standard InChI is InChI=1S/C64H84N11O18PS/c1-12-35(4)54(71-63(87)64(7,8)72(9)10)61(84)73(11)42(34(2)3)32-48(91-37(6)76)56-70-41(33-95-56)55(79)68-39(29-36(5)62(85)86)30-38-13-14-43(77)40(31-38)69-49(78)19-25-89-27-28-90-26-22-67-94(88,65-20-23-74-57(80)50-44-15-16-45(92-44)51(50)58(74)81)66-21-24-75-59(82)52-46-17-18-47(93-46)53(52)60(75)83/h13-18,31,33-36,39,42,48,54,77H,12,19-30,32H2,1-11H3,(H,68,79)(H,69,78)(H,71,87)(H,85,86)(H3,65,66,67,88)/t35-,36?,39+,42+,48+,54-/m0/s1. The Morgan fingerprint density at radius 2 is 1.28 bits per heavy atom. The lowest BCUT2D eigenvalue weighted by molar-refractivity contribution is -0.149. The number of carboxylic acid groups (broad SMARTS) is 1. The van der Waals surface area contributed by atoms with E-state index in [4.69, 9.17) is 23.0 Å². The molecule has 2 aliphatic rings. The first-order chi connectivity index (χ1) is 44.9. The van der Waals surface area contributed by atoms with Gasteiger partial charge in [0.15, 0.2) is 6.10 Å². The number of carbonyl (C=O) groups excluding carboxylic acids is 9. The first-order valence-electron chi connectivity index (χ1n) is 31.4. The van der Waals surface area contributed by atoms with Gasteiger partial charge in [0.2, 0.25) is 17.7 Å².